The first-order valence-corrected chi connectivity index (χ1v) is 17.6. The Morgan fingerprint density at radius 1 is 0.604 bits per heavy atom. The summed E-state index contributed by atoms with van der Waals surface area (Å²) < 4.78 is 0. The Kier molecular flexibility index (Phi) is 6.87. The normalized spacial score (nSPS) is 21.1. The summed E-state index contributed by atoms with van der Waals surface area (Å²) in [6.07, 6.45) is 13.9. The number of hydrogen-bond acceptors (Lipinski definition) is 1. The highest BCUT2D eigenvalue weighted by molar-refractivity contribution is 5.97. The lowest BCUT2D eigenvalue weighted by Gasteiger charge is -2.44. The Morgan fingerprint density at radius 3 is 2.17 bits per heavy atom. The van der Waals surface area contributed by atoms with E-state index in [9.17, 15) is 0 Å². The van der Waals surface area contributed by atoms with E-state index in [2.05, 4.69) is 153 Å². The summed E-state index contributed by atoms with van der Waals surface area (Å²) in [7, 11) is 0. The van der Waals surface area contributed by atoms with Crippen LogP contribution in [0.4, 0.5) is 0 Å². The maximum Gasteiger partial charge on any atom is 0.0346 e. The van der Waals surface area contributed by atoms with Gasteiger partial charge in [0.05, 0.1) is 0 Å². The molecule has 4 atom stereocenters. The smallest absolute Gasteiger partial charge is 0.0346 e. The lowest BCUT2D eigenvalue weighted by molar-refractivity contribution is 0.207. The molecule has 5 aromatic carbocycles. The molecule has 0 saturated heterocycles. The van der Waals surface area contributed by atoms with Crippen LogP contribution in [0.5, 0.6) is 0 Å². The SMILES string of the molecule is CC(C)(C)C1Cc2ccc3c4c2C(C=CC4C(c2ccc(-c4cccnc4)cc2)C=C3c2ccc(-c3cccc4ccccc34)cc2)C1. The van der Waals surface area contributed by atoms with Gasteiger partial charge in [0, 0.05) is 30.1 Å². The van der Waals surface area contributed by atoms with Gasteiger partial charge in [0.1, 0.15) is 0 Å². The van der Waals surface area contributed by atoms with Gasteiger partial charge in [0.15, 0.2) is 0 Å². The number of aromatic nitrogens is 1. The van der Waals surface area contributed by atoms with Gasteiger partial charge in [-0.25, -0.2) is 0 Å². The molecule has 3 aliphatic rings. The summed E-state index contributed by atoms with van der Waals surface area (Å²) in [5.41, 5.74) is 15.4. The first-order valence-electron chi connectivity index (χ1n) is 17.6. The highest BCUT2D eigenvalue weighted by atomic mass is 14.6. The zero-order valence-electron chi connectivity index (χ0n) is 28.0. The third kappa shape index (κ3) is 4.87. The van der Waals surface area contributed by atoms with E-state index in [4.69, 9.17) is 0 Å². The van der Waals surface area contributed by atoms with Crippen molar-refractivity contribution in [1.29, 1.82) is 0 Å². The van der Waals surface area contributed by atoms with Crippen LogP contribution in [-0.4, -0.2) is 4.98 Å². The van der Waals surface area contributed by atoms with Gasteiger partial charge in [0.25, 0.3) is 0 Å². The van der Waals surface area contributed by atoms with Crippen molar-refractivity contribution in [2.24, 2.45) is 11.3 Å². The summed E-state index contributed by atoms with van der Waals surface area (Å²) >= 11 is 0. The highest BCUT2D eigenvalue weighted by Gasteiger charge is 2.41. The lowest BCUT2D eigenvalue weighted by atomic mass is 9.60. The van der Waals surface area contributed by atoms with Gasteiger partial charge < -0.3 is 0 Å². The van der Waals surface area contributed by atoms with Crippen molar-refractivity contribution in [1.82, 2.24) is 4.98 Å². The van der Waals surface area contributed by atoms with Crippen LogP contribution in [0, 0.1) is 11.3 Å². The summed E-state index contributed by atoms with van der Waals surface area (Å²) in [6.45, 7) is 7.26. The molecule has 1 nitrogen and oxygen atoms in total. The lowest BCUT2D eigenvalue weighted by Crippen LogP contribution is -2.32. The van der Waals surface area contributed by atoms with Crippen LogP contribution in [0.1, 0.15) is 78.3 Å². The Bertz CT molecular complexity index is 2210. The van der Waals surface area contributed by atoms with Crippen molar-refractivity contribution < 1.29 is 0 Å². The fourth-order valence-corrected chi connectivity index (χ4v) is 8.81. The van der Waals surface area contributed by atoms with Gasteiger partial charge in [-0.15, -0.1) is 0 Å². The van der Waals surface area contributed by atoms with E-state index in [0.29, 0.717) is 23.2 Å². The monoisotopic (exact) mass is 619 g/mol. The van der Waals surface area contributed by atoms with Crippen molar-refractivity contribution in [2.45, 2.75) is 51.4 Å². The number of hydrogen-bond donors (Lipinski definition) is 0. The van der Waals surface area contributed by atoms with Gasteiger partial charge in [-0.2, -0.15) is 0 Å². The molecule has 9 rings (SSSR count). The van der Waals surface area contributed by atoms with E-state index in [1.165, 1.54) is 62.6 Å². The van der Waals surface area contributed by atoms with Gasteiger partial charge in [-0.05, 0) is 102 Å². The van der Waals surface area contributed by atoms with Crippen molar-refractivity contribution in [3.8, 4) is 22.3 Å². The fourth-order valence-electron chi connectivity index (χ4n) is 8.81. The van der Waals surface area contributed by atoms with Crippen LogP contribution in [0.15, 0.2) is 146 Å². The van der Waals surface area contributed by atoms with Gasteiger partial charge in [-0.3, -0.25) is 4.98 Å². The predicted octanol–water partition coefficient (Wildman–Crippen LogP) is 12.1. The quantitative estimate of drug-likeness (QED) is 0.179. The fraction of sp³-hybridized carbons (Fsp3) is 0.213. The second-order valence-electron chi connectivity index (χ2n) is 15.2. The summed E-state index contributed by atoms with van der Waals surface area (Å²) in [6, 6.07) is 43.0. The Balaban J connectivity index is 1.17. The molecule has 1 heteroatoms. The van der Waals surface area contributed by atoms with Gasteiger partial charge in [0.2, 0.25) is 0 Å². The molecule has 0 spiro atoms. The molecule has 4 unspecified atom stereocenters. The van der Waals surface area contributed by atoms with Crippen LogP contribution >= 0.6 is 0 Å². The standard InChI is InChI=1S/C47H41N/c1-47(2,3)38-26-35-21-23-41-43(33-15-13-30(14-16-33)37-10-7-25-48-29-37)28-44(42-24-22-36(27-38)45(35)46(41)42)34-19-17-32(18-20-34)40-12-6-9-31-8-4-5-11-39(31)40/h4-25,28-29,35,38,41,43H,26-27H2,1-3H3. The van der Waals surface area contributed by atoms with Crippen LogP contribution < -0.4 is 0 Å². The molecule has 48 heavy (non-hydrogen) atoms. The van der Waals surface area contributed by atoms with Crippen molar-refractivity contribution in [3.63, 3.8) is 0 Å². The predicted molar refractivity (Wildman–Crippen MR) is 201 cm³/mol. The molecule has 0 aliphatic heterocycles. The average Bonchev–Trinajstić information content (AvgIpc) is 3.13. The first-order chi connectivity index (χ1) is 23.4. The van der Waals surface area contributed by atoms with E-state index >= 15 is 0 Å². The van der Waals surface area contributed by atoms with Gasteiger partial charge >= 0.3 is 0 Å². The van der Waals surface area contributed by atoms with E-state index in [1.54, 1.807) is 16.7 Å². The zero-order chi connectivity index (χ0) is 32.4. The molecular weight excluding hydrogens is 579 g/mol. The van der Waals surface area contributed by atoms with Crippen LogP contribution in [0.2, 0.25) is 0 Å². The van der Waals surface area contributed by atoms with Crippen molar-refractivity contribution in [3.05, 3.63) is 179 Å². The first kappa shape index (κ1) is 29.2. The molecule has 0 radical (unpaired) electrons. The molecule has 0 amide bonds. The molecule has 3 aliphatic carbocycles. The van der Waals surface area contributed by atoms with Crippen LogP contribution in [-0.2, 0) is 6.42 Å². The third-order valence-electron chi connectivity index (χ3n) is 11.5. The summed E-state index contributed by atoms with van der Waals surface area (Å²) in [5, 5.41) is 2.58. The second-order valence-corrected chi connectivity index (χ2v) is 15.2. The number of benzene rings is 5. The van der Waals surface area contributed by atoms with Crippen molar-refractivity contribution >= 4 is 16.3 Å². The minimum absolute atomic E-state index is 0.261. The molecule has 234 valence electrons. The Hall–Kier alpha value is -5.01. The third-order valence-corrected chi connectivity index (χ3v) is 11.5. The molecule has 0 fully saturated rings. The van der Waals surface area contributed by atoms with Crippen molar-refractivity contribution in [2.75, 3.05) is 0 Å². The minimum atomic E-state index is 0.261. The van der Waals surface area contributed by atoms with Gasteiger partial charge in [-0.1, -0.05) is 148 Å². The number of fused-ring (bicyclic) bond motifs is 1. The van der Waals surface area contributed by atoms with E-state index < -0.39 is 0 Å². The van der Waals surface area contributed by atoms with E-state index in [-0.39, 0.29) is 5.92 Å². The maximum atomic E-state index is 4.36. The van der Waals surface area contributed by atoms with Crippen LogP contribution in [0.25, 0.3) is 38.6 Å². The Morgan fingerprint density at radius 2 is 1.38 bits per heavy atom. The average molecular weight is 620 g/mol. The Labute approximate surface area is 284 Å². The topological polar surface area (TPSA) is 12.9 Å². The minimum Gasteiger partial charge on any atom is -0.264 e. The summed E-state index contributed by atoms with van der Waals surface area (Å²) in [5.74, 6) is 1.77. The van der Waals surface area contributed by atoms with Crippen LogP contribution in [0.3, 0.4) is 0 Å². The second kappa shape index (κ2) is 11.3. The number of pyridine rings is 1. The molecule has 1 heterocycles. The number of nitrogens with zero attached hydrogens (tertiary/aromatic N) is 1. The molecule has 6 aromatic rings. The molecule has 0 bridgehead atoms. The highest BCUT2D eigenvalue weighted by Crippen LogP contribution is 2.55. The molecule has 1 aromatic heterocycles. The van der Waals surface area contributed by atoms with E-state index in [1.807, 2.05) is 18.5 Å². The maximum absolute atomic E-state index is 4.36. The van der Waals surface area contributed by atoms with E-state index in [0.717, 1.165) is 5.56 Å². The molecule has 0 N–H and O–H groups in total. The summed E-state index contributed by atoms with van der Waals surface area (Å²) in [4.78, 5) is 4.36. The molecular formula is C47H41N. The zero-order valence-corrected chi connectivity index (χ0v) is 28.0. The largest absolute Gasteiger partial charge is 0.264 e. The number of allylic oxidation sites excluding steroid dienone is 3. The molecule has 0 saturated carbocycles. The number of rotatable bonds is 4.